The minimum absolute atomic E-state index is 0.228. The molecule has 0 radical (unpaired) electrons. The van der Waals surface area contributed by atoms with E-state index >= 15 is 0 Å². The highest BCUT2D eigenvalue weighted by Crippen LogP contribution is 2.35. The van der Waals surface area contributed by atoms with Gasteiger partial charge in [0, 0.05) is 19.8 Å². The Balaban J connectivity index is 1.52. The van der Waals surface area contributed by atoms with Gasteiger partial charge in [0.05, 0.1) is 18.9 Å². The number of rotatable bonds is 6. The van der Waals surface area contributed by atoms with Crippen LogP contribution in [0.15, 0.2) is 30.5 Å². The monoisotopic (exact) mass is 372 g/mol. The molecule has 1 aliphatic rings. The number of ether oxygens (including phenoxy) is 2. The van der Waals surface area contributed by atoms with E-state index in [1.807, 2.05) is 24.3 Å². The van der Waals surface area contributed by atoms with E-state index in [2.05, 4.69) is 10.3 Å². The smallest absolute Gasteiger partial charge is 0.381 e. The van der Waals surface area contributed by atoms with Crippen LogP contribution >= 0.6 is 11.3 Å². The van der Waals surface area contributed by atoms with Crippen molar-refractivity contribution in [3.8, 4) is 0 Å². The standard InChI is InChI=1S/C17H19F3N2O2S/c18-17(19,20)15-10-22-16(25-15)21-9-12-2-1-3-13(8-12)11-24-14-4-6-23-7-5-14/h1-3,8,10,14H,4-7,9,11H2,(H,21,22). The van der Waals surface area contributed by atoms with Crippen LogP contribution in [-0.4, -0.2) is 24.3 Å². The molecular weight excluding hydrogens is 353 g/mol. The third-order valence-corrected chi connectivity index (χ3v) is 4.87. The lowest BCUT2D eigenvalue weighted by Crippen LogP contribution is -2.23. The van der Waals surface area contributed by atoms with Crippen LogP contribution < -0.4 is 5.32 Å². The molecule has 0 saturated carbocycles. The molecule has 0 aliphatic carbocycles. The van der Waals surface area contributed by atoms with Gasteiger partial charge in [0.25, 0.3) is 0 Å². The van der Waals surface area contributed by atoms with Gasteiger partial charge in [-0.05, 0) is 24.0 Å². The van der Waals surface area contributed by atoms with Crippen molar-refractivity contribution in [2.24, 2.45) is 0 Å². The number of nitrogens with one attached hydrogen (secondary N) is 1. The van der Waals surface area contributed by atoms with Crippen molar-refractivity contribution >= 4 is 16.5 Å². The molecule has 0 atom stereocenters. The zero-order chi connectivity index (χ0) is 17.7. The molecule has 0 spiro atoms. The lowest BCUT2D eigenvalue weighted by atomic mass is 10.1. The zero-order valence-corrected chi connectivity index (χ0v) is 14.3. The fraction of sp³-hybridized carbons (Fsp3) is 0.471. The van der Waals surface area contributed by atoms with Crippen molar-refractivity contribution in [3.05, 3.63) is 46.5 Å². The van der Waals surface area contributed by atoms with Crippen LogP contribution in [0.5, 0.6) is 0 Å². The molecule has 8 heteroatoms. The van der Waals surface area contributed by atoms with Gasteiger partial charge < -0.3 is 14.8 Å². The van der Waals surface area contributed by atoms with Crippen molar-refractivity contribution in [2.75, 3.05) is 18.5 Å². The maximum Gasteiger partial charge on any atom is 0.427 e. The van der Waals surface area contributed by atoms with Gasteiger partial charge in [-0.25, -0.2) is 4.98 Å². The van der Waals surface area contributed by atoms with Gasteiger partial charge in [-0.3, -0.25) is 0 Å². The Hall–Kier alpha value is -1.64. The summed E-state index contributed by atoms with van der Waals surface area (Å²) in [5.41, 5.74) is 2.01. The Kier molecular flexibility index (Phi) is 5.93. The highest BCUT2D eigenvalue weighted by Gasteiger charge is 2.33. The van der Waals surface area contributed by atoms with Crippen LogP contribution in [0.4, 0.5) is 18.3 Å². The van der Waals surface area contributed by atoms with E-state index in [0.29, 0.717) is 24.5 Å². The zero-order valence-electron chi connectivity index (χ0n) is 13.5. The number of anilines is 1. The lowest BCUT2D eigenvalue weighted by molar-refractivity contribution is -0.134. The summed E-state index contributed by atoms with van der Waals surface area (Å²) >= 11 is 0.609. The second-order valence-corrected chi connectivity index (χ2v) is 6.85. The Bertz CT molecular complexity index is 685. The van der Waals surface area contributed by atoms with Crippen molar-refractivity contribution in [1.82, 2.24) is 4.98 Å². The average Bonchev–Trinajstić information content (AvgIpc) is 3.09. The fourth-order valence-corrected chi connectivity index (χ4v) is 3.23. The number of aromatic nitrogens is 1. The van der Waals surface area contributed by atoms with Gasteiger partial charge in [-0.1, -0.05) is 35.6 Å². The molecule has 0 unspecified atom stereocenters. The molecule has 25 heavy (non-hydrogen) atoms. The highest BCUT2D eigenvalue weighted by atomic mass is 32.1. The maximum absolute atomic E-state index is 12.6. The quantitative estimate of drug-likeness (QED) is 0.813. The number of hydrogen-bond donors (Lipinski definition) is 1. The molecule has 1 aliphatic heterocycles. The number of benzene rings is 1. The molecule has 1 aromatic heterocycles. The maximum atomic E-state index is 12.6. The predicted molar refractivity (Wildman–Crippen MR) is 89.5 cm³/mol. The number of halogens is 3. The van der Waals surface area contributed by atoms with Gasteiger partial charge in [-0.2, -0.15) is 13.2 Å². The Morgan fingerprint density at radius 2 is 2.00 bits per heavy atom. The van der Waals surface area contributed by atoms with E-state index < -0.39 is 11.1 Å². The topological polar surface area (TPSA) is 43.4 Å². The average molecular weight is 372 g/mol. The summed E-state index contributed by atoms with van der Waals surface area (Å²) < 4.78 is 48.9. The summed E-state index contributed by atoms with van der Waals surface area (Å²) in [6.07, 6.45) is -1.45. The second-order valence-electron chi connectivity index (χ2n) is 5.82. The molecule has 2 aromatic rings. The van der Waals surface area contributed by atoms with Crippen LogP contribution in [0.25, 0.3) is 0 Å². The van der Waals surface area contributed by atoms with E-state index in [4.69, 9.17) is 9.47 Å². The number of hydrogen-bond acceptors (Lipinski definition) is 5. The van der Waals surface area contributed by atoms with E-state index in [0.717, 1.165) is 43.4 Å². The Labute approximate surface area is 148 Å². The minimum atomic E-state index is -4.35. The van der Waals surface area contributed by atoms with Crippen LogP contribution in [0.1, 0.15) is 28.8 Å². The normalized spacial score (nSPS) is 16.1. The molecule has 1 fully saturated rings. The van der Waals surface area contributed by atoms with E-state index in [9.17, 15) is 13.2 Å². The van der Waals surface area contributed by atoms with Crippen molar-refractivity contribution in [3.63, 3.8) is 0 Å². The SMILES string of the molecule is FC(F)(F)c1cnc(NCc2cccc(COC3CCOCC3)c2)s1. The lowest BCUT2D eigenvalue weighted by Gasteiger charge is -2.22. The fourth-order valence-electron chi connectivity index (χ4n) is 2.55. The molecule has 1 aromatic carbocycles. The molecule has 0 amide bonds. The number of alkyl halides is 3. The first kappa shape index (κ1) is 18.2. The van der Waals surface area contributed by atoms with E-state index in [1.54, 1.807) is 0 Å². The second kappa shape index (κ2) is 8.16. The number of nitrogens with zero attached hydrogens (tertiary/aromatic N) is 1. The summed E-state index contributed by atoms with van der Waals surface area (Å²) in [5, 5.41) is 3.20. The number of thiazole rings is 1. The Morgan fingerprint density at radius 3 is 2.72 bits per heavy atom. The van der Waals surface area contributed by atoms with Gasteiger partial charge in [0.2, 0.25) is 0 Å². The van der Waals surface area contributed by atoms with Crippen LogP contribution in [0, 0.1) is 0 Å². The van der Waals surface area contributed by atoms with Crippen LogP contribution in [0.3, 0.4) is 0 Å². The molecule has 136 valence electrons. The van der Waals surface area contributed by atoms with Gasteiger partial charge in [0.15, 0.2) is 5.13 Å². The minimum Gasteiger partial charge on any atom is -0.381 e. The first-order chi connectivity index (χ1) is 12.0. The summed E-state index contributed by atoms with van der Waals surface area (Å²) in [4.78, 5) is 3.07. The molecular formula is C17H19F3N2O2S. The molecule has 4 nitrogen and oxygen atoms in total. The highest BCUT2D eigenvalue weighted by molar-refractivity contribution is 7.15. The van der Waals surface area contributed by atoms with Crippen molar-refractivity contribution in [1.29, 1.82) is 0 Å². The predicted octanol–water partition coefficient (Wildman–Crippen LogP) is 4.47. The van der Waals surface area contributed by atoms with Crippen LogP contribution in [0.2, 0.25) is 0 Å². The summed E-state index contributed by atoms with van der Waals surface area (Å²) in [5.74, 6) is 0. The third kappa shape index (κ3) is 5.42. The van der Waals surface area contributed by atoms with Crippen molar-refractivity contribution in [2.45, 2.75) is 38.3 Å². The molecule has 2 heterocycles. The molecule has 1 N–H and O–H groups in total. The molecule has 3 rings (SSSR count). The summed E-state index contributed by atoms with van der Waals surface area (Å²) in [7, 11) is 0. The largest absolute Gasteiger partial charge is 0.427 e. The van der Waals surface area contributed by atoms with Gasteiger partial charge >= 0.3 is 6.18 Å². The van der Waals surface area contributed by atoms with Crippen LogP contribution in [-0.2, 0) is 28.8 Å². The van der Waals surface area contributed by atoms with Gasteiger partial charge in [-0.15, -0.1) is 0 Å². The van der Waals surface area contributed by atoms with Gasteiger partial charge in [0.1, 0.15) is 4.88 Å². The first-order valence-electron chi connectivity index (χ1n) is 8.05. The summed E-state index contributed by atoms with van der Waals surface area (Å²) in [6.45, 7) is 2.41. The third-order valence-electron chi connectivity index (χ3n) is 3.87. The first-order valence-corrected chi connectivity index (χ1v) is 8.86. The Morgan fingerprint density at radius 1 is 1.24 bits per heavy atom. The molecule has 0 bridgehead atoms. The van der Waals surface area contributed by atoms with Crippen molar-refractivity contribution < 1.29 is 22.6 Å². The van der Waals surface area contributed by atoms with E-state index in [-0.39, 0.29) is 11.2 Å². The summed E-state index contributed by atoms with van der Waals surface area (Å²) in [6, 6.07) is 7.81. The molecule has 1 saturated heterocycles. The van der Waals surface area contributed by atoms with E-state index in [1.165, 1.54) is 0 Å².